The van der Waals surface area contributed by atoms with Crippen LogP contribution in [0.25, 0.3) is 11.3 Å². The first kappa shape index (κ1) is 15.8. The second-order valence-electron chi connectivity index (χ2n) is 4.63. The van der Waals surface area contributed by atoms with Gasteiger partial charge in [-0.25, -0.2) is 0 Å². The van der Waals surface area contributed by atoms with Crippen molar-refractivity contribution in [3.05, 3.63) is 63.2 Å². The Kier molecular flexibility index (Phi) is 5.00. The van der Waals surface area contributed by atoms with E-state index < -0.39 is 0 Å². The fourth-order valence-corrected chi connectivity index (χ4v) is 2.35. The Bertz CT molecular complexity index is 802. The van der Waals surface area contributed by atoms with E-state index in [2.05, 4.69) is 15.4 Å². The van der Waals surface area contributed by atoms with Crippen molar-refractivity contribution >= 4 is 17.8 Å². The van der Waals surface area contributed by atoms with Gasteiger partial charge in [0.2, 0.25) is 0 Å². The minimum atomic E-state index is -0.112. The van der Waals surface area contributed by atoms with Crippen LogP contribution in [0.1, 0.15) is 18.3 Å². The van der Waals surface area contributed by atoms with Crippen LogP contribution < -0.4 is 0 Å². The number of aliphatic hydroxyl groups is 1. The van der Waals surface area contributed by atoms with Crippen molar-refractivity contribution in [3.8, 4) is 5.69 Å². The van der Waals surface area contributed by atoms with E-state index >= 15 is 0 Å². The predicted octanol–water partition coefficient (Wildman–Crippen LogP) is 3.85. The van der Waals surface area contributed by atoms with Crippen molar-refractivity contribution in [2.24, 2.45) is 5.18 Å². The Morgan fingerprint density at radius 1 is 1.55 bits per heavy atom. The average Bonchev–Trinajstić information content (AvgIpc) is 2.87. The molecule has 0 aliphatic rings. The molecule has 0 radical (unpaired) electrons. The number of nitrogens with zero attached hydrogens (tertiary/aromatic N) is 3. The van der Waals surface area contributed by atoms with Crippen LogP contribution in [0.15, 0.2) is 47.4 Å². The van der Waals surface area contributed by atoms with Crippen LogP contribution in [-0.4, -0.2) is 26.4 Å². The smallest absolute Gasteiger partial charge is 0.200 e. The molecule has 0 spiro atoms. The first-order chi connectivity index (χ1) is 10.6. The molecule has 0 amide bonds. The number of hydrogen-bond acceptors (Lipinski definition) is 5. The molecular formula is C15H16N4O2S. The second-order valence-corrected chi connectivity index (χ2v) is 5.02. The summed E-state index contributed by atoms with van der Waals surface area (Å²) in [7, 11) is 0. The van der Waals surface area contributed by atoms with E-state index in [-0.39, 0.29) is 12.3 Å². The van der Waals surface area contributed by atoms with E-state index in [1.807, 2.05) is 31.2 Å². The number of nitroso groups, excluding NO2 is 1. The van der Waals surface area contributed by atoms with Gasteiger partial charge < -0.3 is 5.11 Å². The van der Waals surface area contributed by atoms with E-state index in [9.17, 15) is 10.0 Å². The van der Waals surface area contributed by atoms with Gasteiger partial charge in [0.1, 0.15) is 12.3 Å². The van der Waals surface area contributed by atoms with Gasteiger partial charge in [-0.3, -0.25) is 9.67 Å². The second kappa shape index (κ2) is 6.95. The lowest BCUT2D eigenvalue weighted by Crippen LogP contribution is -2.03. The Labute approximate surface area is 132 Å². The van der Waals surface area contributed by atoms with Crippen molar-refractivity contribution in [3.63, 3.8) is 0 Å². The minimum absolute atomic E-state index is 0.0648. The van der Waals surface area contributed by atoms with Crippen LogP contribution in [-0.2, 0) is 0 Å². The van der Waals surface area contributed by atoms with Crippen LogP contribution in [0, 0.1) is 16.6 Å². The first-order valence-electron chi connectivity index (χ1n) is 6.68. The quantitative estimate of drug-likeness (QED) is 0.380. The first-order valence-corrected chi connectivity index (χ1v) is 7.09. The highest BCUT2D eigenvalue weighted by Crippen LogP contribution is 2.23. The van der Waals surface area contributed by atoms with Crippen LogP contribution in [0.2, 0.25) is 0 Å². The number of aryl methyl sites for hydroxylation is 1. The molecule has 7 heteroatoms. The third-order valence-electron chi connectivity index (χ3n) is 3.10. The standard InChI is InChI=1S/C15H16N4O2S/c1-3-12(13(20)7-8-16-21)14-17-18-15(22)19(14)11-6-4-5-10(2)9-11/h3-7,9,20H,8H2,1-2H3,(H,18,22)/b12-3+,13-7+. The summed E-state index contributed by atoms with van der Waals surface area (Å²) >= 11 is 5.29. The molecule has 2 N–H and O–H groups in total. The summed E-state index contributed by atoms with van der Waals surface area (Å²) in [4.78, 5) is 10.2. The number of benzene rings is 1. The van der Waals surface area contributed by atoms with Crippen molar-refractivity contribution in [1.82, 2.24) is 14.8 Å². The van der Waals surface area contributed by atoms with Crippen LogP contribution in [0.4, 0.5) is 0 Å². The summed E-state index contributed by atoms with van der Waals surface area (Å²) in [5, 5.41) is 19.8. The summed E-state index contributed by atoms with van der Waals surface area (Å²) in [6.07, 6.45) is 3.04. The SMILES string of the molecule is C/C=C(\C(O)=C/CN=O)c1n[nH]c(=S)n1-c1cccc(C)c1. The Morgan fingerprint density at radius 2 is 2.32 bits per heavy atom. The van der Waals surface area contributed by atoms with Gasteiger partial charge in [0, 0.05) is 0 Å². The molecule has 0 unspecified atom stereocenters. The minimum Gasteiger partial charge on any atom is -0.507 e. The molecule has 0 bridgehead atoms. The van der Waals surface area contributed by atoms with Crippen molar-refractivity contribution in [1.29, 1.82) is 0 Å². The molecule has 2 rings (SSSR count). The molecule has 0 saturated heterocycles. The van der Waals surface area contributed by atoms with E-state index in [1.165, 1.54) is 6.08 Å². The zero-order chi connectivity index (χ0) is 16.1. The van der Waals surface area contributed by atoms with Crippen LogP contribution in [0.3, 0.4) is 0 Å². The Balaban J connectivity index is 2.58. The molecule has 1 aromatic carbocycles. The van der Waals surface area contributed by atoms with Gasteiger partial charge in [-0.15, -0.1) is 0 Å². The number of nitrogens with one attached hydrogen (secondary N) is 1. The third-order valence-corrected chi connectivity index (χ3v) is 3.37. The largest absolute Gasteiger partial charge is 0.507 e. The molecule has 114 valence electrons. The average molecular weight is 316 g/mol. The van der Waals surface area contributed by atoms with E-state index in [4.69, 9.17) is 12.2 Å². The van der Waals surface area contributed by atoms with Crippen LogP contribution >= 0.6 is 12.2 Å². The molecule has 22 heavy (non-hydrogen) atoms. The lowest BCUT2D eigenvalue weighted by Gasteiger charge is -2.10. The number of aromatic amines is 1. The third kappa shape index (κ3) is 3.20. The maximum Gasteiger partial charge on any atom is 0.200 e. The molecular weight excluding hydrogens is 300 g/mol. The van der Waals surface area contributed by atoms with Gasteiger partial charge in [0.25, 0.3) is 0 Å². The lowest BCUT2D eigenvalue weighted by atomic mass is 10.1. The highest BCUT2D eigenvalue weighted by Gasteiger charge is 2.15. The molecule has 6 nitrogen and oxygen atoms in total. The molecule has 0 atom stereocenters. The number of aromatic nitrogens is 3. The maximum atomic E-state index is 10.2. The van der Waals surface area contributed by atoms with E-state index in [0.29, 0.717) is 16.2 Å². The number of H-pyrrole nitrogens is 1. The number of hydrogen-bond donors (Lipinski definition) is 2. The number of rotatable bonds is 5. The van der Waals surface area contributed by atoms with E-state index in [1.54, 1.807) is 17.6 Å². The molecule has 0 saturated carbocycles. The zero-order valence-electron chi connectivity index (χ0n) is 12.3. The molecule has 1 heterocycles. The fraction of sp³-hybridized carbons (Fsp3) is 0.200. The molecule has 0 fully saturated rings. The topological polar surface area (TPSA) is 83.3 Å². The monoisotopic (exact) mass is 316 g/mol. The van der Waals surface area contributed by atoms with Gasteiger partial charge in [0.15, 0.2) is 10.6 Å². The Morgan fingerprint density at radius 3 is 2.95 bits per heavy atom. The van der Waals surface area contributed by atoms with Gasteiger partial charge >= 0.3 is 0 Å². The lowest BCUT2D eigenvalue weighted by molar-refractivity contribution is 0.435. The molecule has 0 aliphatic heterocycles. The van der Waals surface area contributed by atoms with E-state index in [0.717, 1.165) is 11.3 Å². The molecule has 1 aromatic heterocycles. The predicted molar refractivity (Wildman–Crippen MR) is 88.5 cm³/mol. The number of aliphatic hydroxyl groups excluding tert-OH is 1. The normalized spacial score (nSPS) is 12.5. The molecule has 2 aromatic rings. The highest BCUT2D eigenvalue weighted by molar-refractivity contribution is 7.71. The van der Waals surface area contributed by atoms with Crippen molar-refractivity contribution < 1.29 is 5.11 Å². The van der Waals surface area contributed by atoms with Gasteiger partial charge in [-0.05, 0) is 49.8 Å². The summed E-state index contributed by atoms with van der Waals surface area (Å²) in [5.41, 5.74) is 2.39. The number of allylic oxidation sites excluding steroid dienone is 2. The Hall–Kier alpha value is -2.54. The molecule has 0 aliphatic carbocycles. The van der Waals surface area contributed by atoms with Gasteiger partial charge in [-0.1, -0.05) is 23.4 Å². The van der Waals surface area contributed by atoms with Crippen molar-refractivity contribution in [2.45, 2.75) is 13.8 Å². The maximum absolute atomic E-state index is 10.2. The van der Waals surface area contributed by atoms with Crippen molar-refractivity contribution in [2.75, 3.05) is 6.54 Å². The zero-order valence-corrected chi connectivity index (χ0v) is 13.1. The summed E-state index contributed by atoms with van der Waals surface area (Å²) in [5.74, 6) is 0.405. The van der Waals surface area contributed by atoms with Crippen LogP contribution in [0.5, 0.6) is 0 Å². The summed E-state index contributed by atoms with van der Waals surface area (Å²) < 4.78 is 2.15. The highest BCUT2D eigenvalue weighted by atomic mass is 32.1. The van der Waals surface area contributed by atoms with Gasteiger partial charge in [0.05, 0.1) is 11.3 Å². The fourth-order valence-electron chi connectivity index (χ4n) is 2.11. The summed E-state index contributed by atoms with van der Waals surface area (Å²) in [6, 6.07) is 7.78. The summed E-state index contributed by atoms with van der Waals surface area (Å²) in [6.45, 7) is 3.64. The van der Waals surface area contributed by atoms with Gasteiger partial charge in [-0.2, -0.15) is 10.0 Å².